The molecule has 0 aromatic heterocycles. The van der Waals surface area contributed by atoms with Gasteiger partial charge in [-0.1, -0.05) is 5.92 Å². The van der Waals surface area contributed by atoms with Crippen LogP contribution in [0.2, 0.25) is 19.6 Å². The molecule has 45 valence electrons. The third-order valence-electron chi connectivity index (χ3n) is 0.481. The van der Waals surface area contributed by atoms with Crippen LogP contribution >= 0.6 is 0 Å². The highest BCUT2D eigenvalue weighted by Crippen LogP contribution is 2.02. The Balaban J connectivity index is 3.28. The van der Waals surface area contributed by atoms with E-state index in [-0.39, 0.29) is 0 Å². The summed E-state index contributed by atoms with van der Waals surface area (Å²) in [4.78, 5) is 0. The lowest BCUT2D eigenvalue weighted by Gasteiger charge is -2.12. The molecule has 0 spiro atoms. The molecule has 2 heteroatoms. The van der Waals surface area contributed by atoms with E-state index in [1.807, 2.05) is 0 Å². The topological polar surface area (TPSA) is 9.23 Å². The van der Waals surface area contributed by atoms with Gasteiger partial charge in [0.2, 0.25) is 0 Å². The average Bonchev–Trinajstić information content (AvgIpc) is 1.59. The second-order valence-corrected chi connectivity index (χ2v) is 6.98. The third-order valence-corrected chi connectivity index (χ3v) is 1.31. The molecule has 8 heavy (non-hydrogen) atoms. The molecule has 0 amide bonds. The first-order valence-electron chi connectivity index (χ1n) is 2.52. The van der Waals surface area contributed by atoms with Gasteiger partial charge in [-0.25, -0.2) is 0 Å². The lowest BCUT2D eigenvalue weighted by atomic mass is 10.8. The van der Waals surface area contributed by atoms with Crippen molar-refractivity contribution in [2.75, 3.05) is 0 Å². The molecule has 0 heterocycles. The van der Waals surface area contributed by atoms with E-state index < -0.39 is 8.32 Å². The largest absolute Gasteiger partial charge is 0.401 e. The molecular weight excluding hydrogens is 116 g/mol. The van der Waals surface area contributed by atoms with E-state index in [1.54, 1.807) is 0 Å². The molecule has 1 nitrogen and oxygen atoms in total. The summed E-state index contributed by atoms with van der Waals surface area (Å²) in [5.74, 6) is 2.31. The van der Waals surface area contributed by atoms with Crippen LogP contribution in [0.5, 0.6) is 0 Å². The summed E-state index contributed by atoms with van der Waals surface area (Å²) in [7, 11) is -1.38. The Morgan fingerprint density at radius 1 is 1.50 bits per heavy atom. The van der Waals surface area contributed by atoms with Crippen molar-refractivity contribution in [2.45, 2.75) is 19.6 Å². The van der Waals surface area contributed by atoms with Gasteiger partial charge < -0.3 is 4.43 Å². The lowest BCUT2D eigenvalue weighted by molar-refractivity contribution is 0.436. The Bertz CT molecular complexity index is 96.1. The normalized spacial score (nSPS) is 10.8. The molecule has 0 aliphatic heterocycles. The number of hydrogen-bond acceptors (Lipinski definition) is 1. The Labute approximate surface area is 52.2 Å². The first-order valence-corrected chi connectivity index (χ1v) is 5.93. The molecule has 0 aromatic carbocycles. The van der Waals surface area contributed by atoms with Crippen molar-refractivity contribution in [3.63, 3.8) is 0 Å². The van der Waals surface area contributed by atoms with Crippen LogP contribution in [-0.4, -0.2) is 8.32 Å². The van der Waals surface area contributed by atoms with E-state index >= 15 is 0 Å². The fourth-order valence-electron chi connectivity index (χ4n) is 0.211. The van der Waals surface area contributed by atoms with Gasteiger partial charge in [0, 0.05) is 0 Å². The second-order valence-electron chi connectivity index (χ2n) is 2.51. The highest BCUT2D eigenvalue weighted by molar-refractivity contribution is 6.69. The summed E-state index contributed by atoms with van der Waals surface area (Å²) >= 11 is 0. The van der Waals surface area contributed by atoms with Crippen LogP contribution in [0.25, 0.3) is 0 Å². The fourth-order valence-corrected chi connectivity index (χ4v) is 0.632. The van der Waals surface area contributed by atoms with Crippen LogP contribution in [0.1, 0.15) is 0 Å². The lowest BCUT2D eigenvalue weighted by Crippen LogP contribution is -2.23. The predicted molar refractivity (Wildman–Crippen MR) is 37.6 cm³/mol. The highest BCUT2D eigenvalue weighted by atomic mass is 28.4. The molecule has 0 fully saturated rings. The predicted octanol–water partition coefficient (Wildman–Crippen LogP) is 1.63. The van der Waals surface area contributed by atoms with Crippen molar-refractivity contribution in [1.82, 2.24) is 0 Å². The minimum atomic E-state index is -1.38. The van der Waals surface area contributed by atoms with E-state index in [2.05, 4.69) is 25.6 Å². The van der Waals surface area contributed by atoms with Gasteiger partial charge in [-0.3, -0.25) is 0 Å². The minimum Gasteiger partial charge on any atom is -0.401 e. The first-order chi connectivity index (χ1) is 3.56. The third kappa shape index (κ3) is 5.74. The molecule has 0 N–H and O–H groups in total. The fraction of sp³-hybridized carbons (Fsp3) is 0.500. The SMILES string of the molecule is C#C[CH]O[Si](C)(C)C. The van der Waals surface area contributed by atoms with Crippen molar-refractivity contribution in [3.05, 3.63) is 6.61 Å². The molecule has 0 aliphatic carbocycles. The maximum atomic E-state index is 5.16. The van der Waals surface area contributed by atoms with Crippen LogP contribution < -0.4 is 0 Å². The van der Waals surface area contributed by atoms with Gasteiger partial charge in [-0.15, -0.1) is 6.42 Å². The average molecular weight is 127 g/mol. The van der Waals surface area contributed by atoms with Gasteiger partial charge >= 0.3 is 0 Å². The second kappa shape index (κ2) is 2.90. The molecule has 0 bridgehead atoms. The zero-order valence-electron chi connectivity index (χ0n) is 5.56. The molecule has 0 saturated heterocycles. The molecule has 0 aliphatic rings. The van der Waals surface area contributed by atoms with E-state index in [0.717, 1.165) is 0 Å². The molecule has 0 aromatic rings. The van der Waals surface area contributed by atoms with Gasteiger partial charge in [0.05, 0.1) is 0 Å². The Morgan fingerprint density at radius 3 is 2.12 bits per heavy atom. The highest BCUT2D eigenvalue weighted by Gasteiger charge is 2.12. The molecule has 0 saturated carbocycles. The van der Waals surface area contributed by atoms with Gasteiger partial charge in [0.25, 0.3) is 0 Å². The Kier molecular flexibility index (Phi) is 2.81. The van der Waals surface area contributed by atoms with E-state index in [1.165, 1.54) is 6.61 Å². The van der Waals surface area contributed by atoms with Gasteiger partial charge in [0.1, 0.15) is 6.61 Å². The summed E-state index contributed by atoms with van der Waals surface area (Å²) in [6.45, 7) is 7.68. The van der Waals surface area contributed by atoms with Crippen LogP contribution in [0, 0.1) is 19.0 Å². The van der Waals surface area contributed by atoms with E-state index in [4.69, 9.17) is 10.8 Å². The quantitative estimate of drug-likeness (QED) is 0.404. The molecule has 0 rings (SSSR count). The molecular formula is C6H11OSi. The monoisotopic (exact) mass is 127 g/mol. The van der Waals surface area contributed by atoms with Crippen molar-refractivity contribution in [2.24, 2.45) is 0 Å². The summed E-state index contributed by atoms with van der Waals surface area (Å²) in [5, 5.41) is 0. The number of hydrogen-bond donors (Lipinski definition) is 0. The van der Waals surface area contributed by atoms with Crippen LogP contribution in [0.3, 0.4) is 0 Å². The maximum Gasteiger partial charge on any atom is 0.185 e. The summed E-state index contributed by atoms with van der Waals surface area (Å²) in [6, 6.07) is 0. The van der Waals surface area contributed by atoms with Crippen LogP contribution in [0.4, 0.5) is 0 Å². The standard InChI is InChI=1S/C6H11OSi/c1-5-6-7-8(2,3)4/h1,6H,2-4H3. The first kappa shape index (κ1) is 7.74. The van der Waals surface area contributed by atoms with Gasteiger partial charge in [0.15, 0.2) is 8.32 Å². The smallest absolute Gasteiger partial charge is 0.185 e. The summed E-state index contributed by atoms with van der Waals surface area (Å²) < 4.78 is 5.16. The number of terminal acetylenes is 1. The molecule has 1 radical (unpaired) electrons. The molecule has 0 atom stereocenters. The van der Waals surface area contributed by atoms with Crippen LogP contribution in [-0.2, 0) is 4.43 Å². The van der Waals surface area contributed by atoms with Gasteiger partial charge in [-0.2, -0.15) is 0 Å². The van der Waals surface area contributed by atoms with Crippen molar-refractivity contribution < 1.29 is 4.43 Å². The van der Waals surface area contributed by atoms with Gasteiger partial charge in [-0.05, 0) is 19.6 Å². The zero-order valence-corrected chi connectivity index (χ0v) is 6.56. The van der Waals surface area contributed by atoms with Crippen molar-refractivity contribution in [1.29, 1.82) is 0 Å². The van der Waals surface area contributed by atoms with Crippen molar-refractivity contribution in [3.8, 4) is 12.3 Å². The maximum absolute atomic E-state index is 5.16. The molecule has 0 unspecified atom stereocenters. The van der Waals surface area contributed by atoms with E-state index in [9.17, 15) is 0 Å². The Hall–Kier alpha value is -0.263. The summed E-state index contributed by atoms with van der Waals surface area (Å²) in [5.41, 5.74) is 0. The van der Waals surface area contributed by atoms with Crippen molar-refractivity contribution >= 4 is 8.32 Å². The Morgan fingerprint density at radius 2 is 2.00 bits per heavy atom. The zero-order chi connectivity index (χ0) is 6.62. The number of rotatable bonds is 2. The van der Waals surface area contributed by atoms with E-state index in [0.29, 0.717) is 0 Å². The summed E-state index contributed by atoms with van der Waals surface area (Å²) in [6.07, 6.45) is 4.93. The minimum absolute atomic E-state index is 1.38. The van der Waals surface area contributed by atoms with Crippen LogP contribution in [0.15, 0.2) is 0 Å².